The summed E-state index contributed by atoms with van der Waals surface area (Å²) < 4.78 is 0. The Hall–Kier alpha value is -1.56. The van der Waals surface area contributed by atoms with Crippen molar-refractivity contribution in [2.24, 2.45) is 4.99 Å². The van der Waals surface area contributed by atoms with Crippen LogP contribution in [0.15, 0.2) is 16.4 Å². The number of amides is 1. The van der Waals surface area contributed by atoms with Crippen LogP contribution >= 0.6 is 11.3 Å². The third kappa shape index (κ3) is 4.46. The van der Waals surface area contributed by atoms with Crippen LogP contribution < -0.4 is 10.6 Å². The fraction of sp³-hybridized carbons (Fsp3) is 0.600. The number of thiophene rings is 1. The van der Waals surface area contributed by atoms with Gasteiger partial charge >= 0.3 is 0 Å². The Kier molecular flexibility index (Phi) is 4.88. The molecule has 0 aliphatic carbocycles. The number of nitrogens with zero attached hydrogens (tertiary/aromatic N) is 2. The van der Waals surface area contributed by atoms with Crippen molar-refractivity contribution >= 4 is 23.2 Å². The highest BCUT2D eigenvalue weighted by molar-refractivity contribution is 7.10. The van der Waals surface area contributed by atoms with Crippen molar-refractivity contribution in [3.05, 3.63) is 21.9 Å². The van der Waals surface area contributed by atoms with Crippen LogP contribution in [0.5, 0.6) is 0 Å². The van der Waals surface area contributed by atoms with Gasteiger partial charge in [0.05, 0.1) is 6.54 Å². The maximum Gasteiger partial charge on any atom is 0.242 e. The van der Waals surface area contributed by atoms with Gasteiger partial charge in [-0.05, 0) is 44.2 Å². The molecule has 1 aromatic rings. The maximum absolute atomic E-state index is 12.3. The minimum Gasteiger partial charge on any atom is -0.352 e. The molecule has 0 saturated carbocycles. The summed E-state index contributed by atoms with van der Waals surface area (Å²) in [6.45, 7) is 7.98. The molecule has 0 unspecified atom stereocenters. The van der Waals surface area contributed by atoms with Gasteiger partial charge in [0.15, 0.2) is 5.96 Å². The molecule has 2 N–H and O–H groups in total. The number of fused-ring (bicyclic) bond motifs is 1. The van der Waals surface area contributed by atoms with Crippen molar-refractivity contribution in [2.75, 3.05) is 20.1 Å². The zero-order valence-corrected chi connectivity index (χ0v) is 14.0. The van der Waals surface area contributed by atoms with E-state index in [-0.39, 0.29) is 18.0 Å². The molecule has 0 aromatic carbocycles. The molecule has 0 fully saturated rings. The van der Waals surface area contributed by atoms with Crippen molar-refractivity contribution in [3.8, 4) is 0 Å². The molecule has 21 heavy (non-hydrogen) atoms. The van der Waals surface area contributed by atoms with Gasteiger partial charge in [-0.15, -0.1) is 11.3 Å². The summed E-state index contributed by atoms with van der Waals surface area (Å²) in [5.74, 6) is 0.771. The predicted octanol–water partition coefficient (Wildman–Crippen LogP) is 1.60. The molecule has 1 aliphatic rings. The van der Waals surface area contributed by atoms with Gasteiger partial charge in [-0.3, -0.25) is 9.79 Å². The molecule has 2 rings (SSSR count). The molecule has 5 nitrogen and oxygen atoms in total. The highest BCUT2D eigenvalue weighted by Crippen LogP contribution is 2.23. The number of hydrogen-bond acceptors (Lipinski definition) is 3. The van der Waals surface area contributed by atoms with Crippen LogP contribution in [0.25, 0.3) is 0 Å². The molecular formula is C15H24N4OS. The van der Waals surface area contributed by atoms with Gasteiger partial charge in [0.25, 0.3) is 0 Å². The van der Waals surface area contributed by atoms with Crippen molar-refractivity contribution < 1.29 is 4.79 Å². The van der Waals surface area contributed by atoms with Gasteiger partial charge in [0.1, 0.15) is 0 Å². The molecule has 1 aliphatic heterocycles. The second kappa shape index (κ2) is 6.47. The average molecular weight is 308 g/mol. The van der Waals surface area contributed by atoms with E-state index in [0.29, 0.717) is 5.96 Å². The Labute approximate surface area is 130 Å². The average Bonchev–Trinajstić information content (AvgIpc) is 2.89. The van der Waals surface area contributed by atoms with Crippen LogP contribution in [-0.4, -0.2) is 42.4 Å². The zero-order valence-electron chi connectivity index (χ0n) is 13.2. The summed E-state index contributed by atoms with van der Waals surface area (Å²) >= 11 is 1.78. The lowest BCUT2D eigenvalue weighted by atomic mass is 10.1. The van der Waals surface area contributed by atoms with E-state index in [9.17, 15) is 4.79 Å². The number of carbonyl (C=O) groups is 1. The fourth-order valence-electron chi connectivity index (χ4n) is 2.27. The highest BCUT2D eigenvalue weighted by atomic mass is 32.1. The topological polar surface area (TPSA) is 56.7 Å². The van der Waals surface area contributed by atoms with Crippen molar-refractivity contribution in [1.82, 2.24) is 15.5 Å². The standard InChI is InChI=1S/C15H24N4OS/c1-15(2,3)18-14(16-4)17-9-13(20)19-7-5-12-11(10-19)6-8-21-12/h6,8H,5,7,9-10H2,1-4H3,(H2,16,17,18). The van der Waals surface area contributed by atoms with Crippen LogP contribution in [0.1, 0.15) is 31.2 Å². The molecule has 0 saturated heterocycles. The first-order valence-electron chi connectivity index (χ1n) is 7.21. The van der Waals surface area contributed by atoms with Gasteiger partial charge in [-0.2, -0.15) is 0 Å². The zero-order chi connectivity index (χ0) is 15.5. The Morgan fingerprint density at radius 2 is 2.24 bits per heavy atom. The first-order valence-corrected chi connectivity index (χ1v) is 8.09. The smallest absolute Gasteiger partial charge is 0.242 e. The third-order valence-electron chi connectivity index (χ3n) is 3.28. The van der Waals surface area contributed by atoms with Gasteiger partial charge in [-0.1, -0.05) is 0 Å². The maximum atomic E-state index is 12.3. The molecule has 1 aromatic heterocycles. The minimum absolute atomic E-state index is 0.0818. The van der Waals surface area contributed by atoms with Crippen molar-refractivity contribution in [3.63, 3.8) is 0 Å². The summed E-state index contributed by atoms with van der Waals surface area (Å²) in [5, 5.41) is 8.44. The van der Waals surface area contributed by atoms with Gasteiger partial charge in [0, 0.05) is 30.6 Å². The Balaban J connectivity index is 1.85. The highest BCUT2D eigenvalue weighted by Gasteiger charge is 2.21. The number of nitrogens with one attached hydrogen (secondary N) is 2. The summed E-state index contributed by atoms with van der Waals surface area (Å²) in [5.41, 5.74) is 1.21. The van der Waals surface area contributed by atoms with Gasteiger partial charge < -0.3 is 15.5 Å². The Bertz CT molecular complexity index is 530. The molecule has 116 valence electrons. The van der Waals surface area contributed by atoms with Crippen LogP contribution in [0.3, 0.4) is 0 Å². The fourth-order valence-corrected chi connectivity index (χ4v) is 3.16. The van der Waals surface area contributed by atoms with E-state index in [1.807, 2.05) is 4.90 Å². The van der Waals surface area contributed by atoms with E-state index in [1.165, 1.54) is 10.4 Å². The number of hydrogen-bond donors (Lipinski definition) is 2. The molecule has 0 spiro atoms. The summed E-state index contributed by atoms with van der Waals surface area (Å²) in [6.07, 6.45) is 0.966. The molecule has 0 bridgehead atoms. The molecular weight excluding hydrogens is 284 g/mol. The van der Waals surface area contributed by atoms with E-state index in [1.54, 1.807) is 18.4 Å². The quantitative estimate of drug-likeness (QED) is 0.644. The Morgan fingerprint density at radius 1 is 1.48 bits per heavy atom. The lowest BCUT2D eigenvalue weighted by Crippen LogP contribution is -2.50. The van der Waals surface area contributed by atoms with E-state index in [0.717, 1.165) is 19.5 Å². The van der Waals surface area contributed by atoms with Crippen LogP contribution in [-0.2, 0) is 17.8 Å². The summed E-state index contributed by atoms with van der Waals surface area (Å²) in [4.78, 5) is 19.8. The van der Waals surface area contributed by atoms with Gasteiger partial charge in [0.2, 0.25) is 5.91 Å². The molecule has 0 radical (unpaired) electrons. The second-order valence-electron chi connectivity index (χ2n) is 6.24. The SMILES string of the molecule is CN=C(NCC(=O)N1CCc2sccc2C1)NC(C)(C)C. The molecule has 6 heteroatoms. The van der Waals surface area contributed by atoms with Crippen molar-refractivity contribution in [1.29, 1.82) is 0 Å². The van der Waals surface area contributed by atoms with E-state index < -0.39 is 0 Å². The van der Waals surface area contributed by atoms with E-state index in [2.05, 4.69) is 47.8 Å². The first-order chi connectivity index (χ1) is 9.89. The lowest BCUT2D eigenvalue weighted by Gasteiger charge is -2.28. The number of aliphatic imine (C=N–C) groups is 1. The van der Waals surface area contributed by atoms with Crippen LogP contribution in [0.2, 0.25) is 0 Å². The summed E-state index contributed by atoms with van der Waals surface area (Å²) in [7, 11) is 1.71. The minimum atomic E-state index is -0.0818. The molecule has 1 amide bonds. The number of guanidine groups is 1. The van der Waals surface area contributed by atoms with E-state index >= 15 is 0 Å². The predicted molar refractivity (Wildman–Crippen MR) is 87.7 cm³/mol. The third-order valence-corrected chi connectivity index (χ3v) is 4.31. The lowest BCUT2D eigenvalue weighted by molar-refractivity contribution is -0.130. The second-order valence-corrected chi connectivity index (χ2v) is 7.24. The summed E-state index contributed by atoms with van der Waals surface area (Å²) in [6, 6.07) is 2.12. The Morgan fingerprint density at radius 3 is 2.90 bits per heavy atom. The largest absolute Gasteiger partial charge is 0.352 e. The first kappa shape index (κ1) is 15.8. The van der Waals surface area contributed by atoms with Gasteiger partial charge in [-0.25, -0.2) is 0 Å². The monoisotopic (exact) mass is 308 g/mol. The molecule has 2 heterocycles. The molecule has 0 atom stereocenters. The van der Waals surface area contributed by atoms with Crippen molar-refractivity contribution in [2.45, 2.75) is 39.3 Å². The normalized spacial score (nSPS) is 15.6. The van der Waals surface area contributed by atoms with Crippen LogP contribution in [0, 0.1) is 0 Å². The van der Waals surface area contributed by atoms with E-state index in [4.69, 9.17) is 0 Å². The van der Waals surface area contributed by atoms with Crippen LogP contribution in [0.4, 0.5) is 0 Å². The number of carbonyl (C=O) groups excluding carboxylic acids is 1. The number of rotatable bonds is 2.